The van der Waals surface area contributed by atoms with E-state index in [1.807, 2.05) is 17.0 Å². The van der Waals surface area contributed by atoms with Crippen LogP contribution in [0.15, 0.2) is 36.7 Å². The number of carbonyl (C=O) groups is 2. The van der Waals surface area contributed by atoms with Gasteiger partial charge in [-0.05, 0) is 19.1 Å². The summed E-state index contributed by atoms with van der Waals surface area (Å²) in [6.07, 6.45) is 1.06. The van der Waals surface area contributed by atoms with Crippen molar-refractivity contribution < 1.29 is 19.1 Å². The van der Waals surface area contributed by atoms with Crippen LogP contribution in [0.25, 0.3) is 0 Å². The molecule has 1 aliphatic rings. The molecule has 28 heavy (non-hydrogen) atoms. The molecule has 1 fully saturated rings. The highest BCUT2D eigenvalue weighted by atomic mass is 16.6. The summed E-state index contributed by atoms with van der Waals surface area (Å²) >= 11 is 0. The van der Waals surface area contributed by atoms with E-state index in [0.29, 0.717) is 50.0 Å². The van der Waals surface area contributed by atoms with Gasteiger partial charge in [-0.15, -0.1) is 0 Å². The summed E-state index contributed by atoms with van der Waals surface area (Å²) in [5.74, 6) is 0.863. The van der Waals surface area contributed by atoms with Crippen LogP contribution in [0.3, 0.4) is 0 Å². The second-order valence-corrected chi connectivity index (χ2v) is 6.09. The standard InChI is InChI=1S/C19H23N5O4/c1-3-28-19(26)24-10-8-23(9-11-24)17-12-15(20-13-21-17)18(25)22-14-6-4-5-7-16(14)27-2/h4-7,12-13H,3,8-11H2,1-2H3,(H,22,25). The fourth-order valence-electron chi connectivity index (χ4n) is 2.91. The number of para-hydroxylation sites is 2. The van der Waals surface area contributed by atoms with Gasteiger partial charge in [0.25, 0.3) is 5.91 Å². The molecule has 0 bridgehead atoms. The van der Waals surface area contributed by atoms with Gasteiger partial charge in [0.15, 0.2) is 0 Å². The molecule has 0 aliphatic carbocycles. The Hall–Kier alpha value is -3.36. The average molecular weight is 385 g/mol. The number of nitrogens with zero attached hydrogens (tertiary/aromatic N) is 4. The number of hydrogen-bond donors (Lipinski definition) is 1. The average Bonchev–Trinajstić information content (AvgIpc) is 2.74. The summed E-state index contributed by atoms with van der Waals surface area (Å²) in [6.45, 7) is 4.41. The fourth-order valence-corrected chi connectivity index (χ4v) is 2.91. The van der Waals surface area contributed by atoms with Gasteiger partial charge >= 0.3 is 6.09 Å². The van der Waals surface area contributed by atoms with Gasteiger partial charge in [-0.2, -0.15) is 0 Å². The second-order valence-electron chi connectivity index (χ2n) is 6.09. The fraction of sp³-hybridized carbons (Fsp3) is 0.368. The van der Waals surface area contributed by atoms with Crippen LogP contribution in [0.2, 0.25) is 0 Å². The molecule has 1 aromatic carbocycles. The number of anilines is 2. The monoisotopic (exact) mass is 385 g/mol. The van der Waals surface area contributed by atoms with Crippen LogP contribution < -0.4 is 15.0 Å². The number of ether oxygens (including phenoxy) is 2. The molecule has 1 N–H and O–H groups in total. The SMILES string of the molecule is CCOC(=O)N1CCN(c2cc(C(=O)Nc3ccccc3OC)ncn2)CC1. The van der Waals surface area contributed by atoms with E-state index in [4.69, 9.17) is 9.47 Å². The Morgan fingerprint density at radius 3 is 2.61 bits per heavy atom. The molecule has 2 aromatic rings. The lowest BCUT2D eigenvalue weighted by Gasteiger charge is -2.34. The van der Waals surface area contributed by atoms with Gasteiger partial charge in [0.05, 0.1) is 19.4 Å². The summed E-state index contributed by atoms with van der Waals surface area (Å²) in [5.41, 5.74) is 0.821. The van der Waals surface area contributed by atoms with Crippen molar-refractivity contribution in [2.45, 2.75) is 6.92 Å². The minimum atomic E-state index is -0.349. The zero-order valence-corrected chi connectivity index (χ0v) is 15.9. The number of piperazine rings is 1. The first kappa shape index (κ1) is 19.4. The number of carbonyl (C=O) groups excluding carboxylic acids is 2. The van der Waals surface area contributed by atoms with Crippen LogP contribution in [0.4, 0.5) is 16.3 Å². The molecule has 9 nitrogen and oxygen atoms in total. The molecule has 9 heteroatoms. The van der Waals surface area contributed by atoms with E-state index < -0.39 is 0 Å². The molecule has 1 aliphatic heterocycles. The maximum atomic E-state index is 12.6. The predicted octanol–water partition coefficient (Wildman–Crippen LogP) is 2.02. The Labute approximate surface area is 163 Å². The summed E-state index contributed by atoms with van der Waals surface area (Å²) in [7, 11) is 1.55. The van der Waals surface area contributed by atoms with Crippen molar-refractivity contribution >= 4 is 23.5 Å². The Bertz CT molecular complexity index is 837. The van der Waals surface area contributed by atoms with Gasteiger partial charge in [-0.3, -0.25) is 4.79 Å². The van der Waals surface area contributed by atoms with Gasteiger partial charge in [0, 0.05) is 32.2 Å². The third kappa shape index (κ3) is 4.48. The summed E-state index contributed by atoms with van der Waals surface area (Å²) in [4.78, 5) is 36.4. The number of methoxy groups -OCH3 is 1. The molecular weight excluding hydrogens is 362 g/mol. The lowest BCUT2D eigenvalue weighted by atomic mass is 10.2. The van der Waals surface area contributed by atoms with E-state index in [0.717, 1.165) is 0 Å². The number of rotatable bonds is 5. The maximum absolute atomic E-state index is 12.6. The van der Waals surface area contributed by atoms with Gasteiger partial charge in [-0.25, -0.2) is 14.8 Å². The first-order valence-electron chi connectivity index (χ1n) is 9.05. The van der Waals surface area contributed by atoms with E-state index in [1.165, 1.54) is 6.33 Å². The summed E-state index contributed by atoms with van der Waals surface area (Å²) in [6, 6.07) is 8.81. The Kier molecular flexibility index (Phi) is 6.25. The molecule has 3 rings (SSSR count). The molecule has 1 aromatic heterocycles. The van der Waals surface area contributed by atoms with Crippen molar-refractivity contribution in [1.82, 2.24) is 14.9 Å². The maximum Gasteiger partial charge on any atom is 0.409 e. The van der Waals surface area contributed by atoms with Crippen LogP contribution in [-0.4, -0.2) is 66.8 Å². The molecular formula is C19H23N5O4. The highest BCUT2D eigenvalue weighted by Crippen LogP contribution is 2.24. The van der Waals surface area contributed by atoms with Crippen molar-refractivity contribution in [2.75, 3.05) is 50.1 Å². The van der Waals surface area contributed by atoms with E-state index in [2.05, 4.69) is 15.3 Å². The minimum absolute atomic E-state index is 0.253. The Morgan fingerprint density at radius 2 is 1.89 bits per heavy atom. The molecule has 2 heterocycles. The Balaban J connectivity index is 1.66. The van der Waals surface area contributed by atoms with Gasteiger partial charge < -0.3 is 24.6 Å². The lowest BCUT2D eigenvalue weighted by molar-refractivity contribution is 0.102. The number of nitrogens with one attached hydrogen (secondary N) is 1. The van der Waals surface area contributed by atoms with Gasteiger partial charge in [0.2, 0.25) is 0 Å². The minimum Gasteiger partial charge on any atom is -0.495 e. The first-order chi connectivity index (χ1) is 13.6. The van der Waals surface area contributed by atoms with Crippen LogP contribution in [0.1, 0.15) is 17.4 Å². The van der Waals surface area contributed by atoms with Crippen molar-refractivity contribution in [3.8, 4) is 5.75 Å². The quantitative estimate of drug-likeness (QED) is 0.841. The van der Waals surface area contributed by atoms with Crippen molar-refractivity contribution in [1.29, 1.82) is 0 Å². The topological polar surface area (TPSA) is 96.9 Å². The zero-order valence-electron chi connectivity index (χ0n) is 15.9. The molecule has 1 saturated heterocycles. The number of hydrogen-bond acceptors (Lipinski definition) is 7. The van der Waals surface area contributed by atoms with Crippen molar-refractivity contribution in [2.24, 2.45) is 0 Å². The van der Waals surface area contributed by atoms with Crippen molar-refractivity contribution in [3.05, 3.63) is 42.4 Å². The van der Waals surface area contributed by atoms with E-state index >= 15 is 0 Å². The van der Waals surface area contributed by atoms with Crippen molar-refractivity contribution in [3.63, 3.8) is 0 Å². The zero-order chi connectivity index (χ0) is 19.9. The highest BCUT2D eigenvalue weighted by molar-refractivity contribution is 6.04. The van der Waals surface area contributed by atoms with Crippen LogP contribution in [0, 0.1) is 0 Å². The summed E-state index contributed by atoms with van der Waals surface area (Å²) in [5, 5.41) is 2.80. The largest absolute Gasteiger partial charge is 0.495 e. The van der Waals surface area contributed by atoms with Gasteiger partial charge in [-0.1, -0.05) is 12.1 Å². The molecule has 0 atom stereocenters. The van der Waals surface area contributed by atoms with E-state index in [1.54, 1.807) is 37.1 Å². The van der Waals surface area contributed by atoms with Crippen LogP contribution in [0.5, 0.6) is 5.75 Å². The normalized spacial score (nSPS) is 13.8. The Morgan fingerprint density at radius 1 is 1.14 bits per heavy atom. The van der Waals surface area contributed by atoms with Crippen LogP contribution in [-0.2, 0) is 4.74 Å². The highest BCUT2D eigenvalue weighted by Gasteiger charge is 2.23. The number of benzene rings is 1. The predicted molar refractivity (Wildman–Crippen MR) is 104 cm³/mol. The summed E-state index contributed by atoms with van der Waals surface area (Å²) < 4.78 is 10.3. The number of amides is 2. The third-order valence-corrected chi connectivity index (χ3v) is 4.37. The second kappa shape index (κ2) is 9.03. The third-order valence-electron chi connectivity index (χ3n) is 4.37. The number of aromatic nitrogens is 2. The van der Waals surface area contributed by atoms with E-state index in [-0.39, 0.29) is 17.7 Å². The molecule has 0 saturated carbocycles. The molecule has 0 unspecified atom stereocenters. The van der Waals surface area contributed by atoms with E-state index in [9.17, 15) is 9.59 Å². The molecule has 148 valence electrons. The van der Waals surface area contributed by atoms with Gasteiger partial charge in [0.1, 0.15) is 23.6 Å². The molecule has 0 spiro atoms. The smallest absolute Gasteiger partial charge is 0.409 e. The molecule has 2 amide bonds. The van der Waals surface area contributed by atoms with Crippen LogP contribution >= 0.6 is 0 Å². The first-order valence-corrected chi connectivity index (χ1v) is 9.05. The lowest BCUT2D eigenvalue weighted by Crippen LogP contribution is -2.49. The molecule has 0 radical (unpaired) electrons.